The van der Waals surface area contributed by atoms with Gasteiger partial charge in [0.1, 0.15) is 11.6 Å². The molecule has 3 heterocycles. The average Bonchev–Trinajstić information content (AvgIpc) is 2.58. The predicted molar refractivity (Wildman–Crippen MR) is 81.7 cm³/mol. The van der Waals surface area contributed by atoms with Gasteiger partial charge < -0.3 is 10.6 Å². The van der Waals surface area contributed by atoms with Crippen molar-refractivity contribution in [2.45, 2.75) is 0 Å². The molecule has 0 aliphatic rings. The van der Waals surface area contributed by atoms with Crippen molar-refractivity contribution in [1.29, 1.82) is 0 Å². The summed E-state index contributed by atoms with van der Waals surface area (Å²) in [6.07, 6.45) is 7.11. The summed E-state index contributed by atoms with van der Waals surface area (Å²) in [5.41, 5.74) is 0.754. The maximum atomic E-state index is 12.8. The van der Waals surface area contributed by atoms with E-state index in [-0.39, 0.29) is 17.3 Å². The molecule has 8 heteroatoms. The van der Waals surface area contributed by atoms with Gasteiger partial charge in [-0.05, 0) is 24.3 Å². The van der Waals surface area contributed by atoms with Crippen LogP contribution in [0, 0.1) is 5.82 Å². The van der Waals surface area contributed by atoms with Gasteiger partial charge in [0, 0.05) is 18.6 Å². The van der Waals surface area contributed by atoms with Gasteiger partial charge in [0.2, 0.25) is 0 Å². The first-order valence-corrected chi connectivity index (χ1v) is 6.63. The van der Waals surface area contributed by atoms with E-state index in [2.05, 4.69) is 30.6 Å². The van der Waals surface area contributed by atoms with Crippen molar-refractivity contribution in [2.75, 3.05) is 10.6 Å². The monoisotopic (exact) mass is 310 g/mol. The second-order valence-electron chi connectivity index (χ2n) is 4.44. The van der Waals surface area contributed by atoms with Crippen LogP contribution in [0.25, 0.3) is 0 Å². The van der Waals surface area contributed by atoms with Crippen molar-refractivity contribution in [2.24, 2.45) is 0 Å². The molecular formula is C15H11FN6O. The van der Waals surface area contributed by atoms with Crippen molar-refractivity contribution in [1.82, 2.24) is 19.9 Å². The highest BCUT2D eigenvalue weighted by molar-refractivity contribution is 6.05. The SMILES string of the molecule is O=C(Nc1ccc(F)cn1)c1nccnc1Nc1cccnc1. The molecule has 3 aromatic heterocycles. The standard InChI is InChI=1S/C15H11FN6O/c16-10-3-4-12(20-8-10)22-15(23)13-14(19-7-6-18-13)21-11-2-1-5-17-9-11/h1-9H,(H,19,21)(H,20,22,23). The minimum absolute atomic E-state index is 0.0856. The smallest absolute Gasteiger partial charge is 0.279 e. The number of hydrogen-bond donors (Lipinski definition) is 2. The third-order valence-electron chi connectivity index (χ3n) is 2.81. The lowest BCUT2D eigenvalue weighted by atomic mass is 10.3. The molecule has 1 amide bonds. The van der Waals surface area contributed by atoms with Gasteiger partial charge in [-0.15, -0.1) is 0 Å². The molecule has 7 nitrogen and oxygen atoms in total. The number of anilines is 3. The Balaban J connectivity index is 1.82. The van der Waals surface area contributed by atoms with Gasteiger partial charge in [-0.25, -0.2) is 19.3 Å². The van der Waals surface area contributed by atoms with Crippen molar-refractivity contribution in [3.8, 4) is 0 Å². The third kappa shape index (κ3) is 3.62. The zero-order valence-corrected chi connectivity index (χ0v) is 11.8. The summed E-state index contributed by atoms with van der Waals surface area (Å²) in [6, 6.07) is 6.09. The molecule has 0 bridgehead atoms. The molecule has 0 saturated heterocycles. The number of halogens is 1. The molecule has 2 N–H and O–H groups in total. The Morgan fingerprint density at radius 3 is 2.61 bits per heavy atom. The first kappa shape index (κ1) is 14.5. The number of amides is 1. The second kappa shape index (κ2) is 6.56. The van der Waals surface area contributed by atoms with Crippen LogP contribution < -0.4 is 10.6 Å². The lowest BCUT2D eigenvalue weighted by Crippen LogP contribution is -2.17. The summed E-state index contributed by atoms with van der Waals surface area (Å²) in [6.45, 7) is 0. The summed E-state index contributed by atoms with van der Waals surface area (Å²) in [5.74, 6) is -0.500. The van der Waals surface area contributed by atoms with Crippen molar-refractivity contribution in [3.05, 3.63) is 66.8 Å². The van der Waals surface area contributed by atoms with Crippen LogP contribution in [-0.2, 0) is 0 Å². The van der Waals surface area contributed by atoms with Gasteiger partial charge in [0.05, 0.1) is 18.1 Å². The van der Waals surface area contributed by atoms with E-state index in [1.807, 2.05) is 0 Å². The van der Waals surface area contributed by atoms with E-state index in [0.29, 0.717) is 5.69 Å². The summed E-state index contributed by atoms with van der Waals surface area (Å²) >= 11 is 0. The van der Waals surface area contributed by atoms with Gasteiger partial charge in [0.25, 0.3) is 5.91 Å². The molecule has 0 spiro atoms. The maximum Gasteiger partial charge on any atom is 0.279 e. The van der Waals surface area contributed by atoms with Crippen LogP contribution in [-0.4, -0.2) is 25.8 Å². The van der Waals surface area contributed by atoms with Gasteiger partial charge in [-0.1, -0.05) is 0 Å². The van der Waals surface area contributed by atoms with Gasteiger partial charge in [-0.2, -0.15) is 0 Å². The predicted octanol–water partition coefficient (Wildman–Crippen LogP) is 2.40. The largest absolute Gasteiger partial charge is 0.337 e. The minimum atomic E-state index is -0.511. The van der Waals surface area contributed by atoms with Crippen LogP contribution in [0.1, 0.15) is 10.5 Å². The molecule has 3 aromatic rings. The van der Waals surface area contributed by atoms with E-state index in [9.17, 15) is 9.18 Å². The molecule has 23 heavy (non-hydrogen) atoms. The summed E-state index contributed by atoms with van der Waals surface area (Å²) in [4.78, 5) is 28.2. The summed E-state index contributed by atoms with van der Waals surface area (Å²) in [5, 5.41) is 5.51. The number of hydrogen-bond acceptors (Lipinski definition) is 6. The fraction of sp³-hybridized carbons (Fsp3) is 0. The van der Waals surface area contributed by atoms with Crippen LogP contribution in [0.5, 0.6) is 0 Å². The van der Waals surface area contributed by atoms with E-state index < -0.39 is 11.7 Å². The van der Waals surface area contributed by atoms with Crippen LogP contribution >= 0.6 is 0 Å². The lowest BCUT2D eigenvalue weighted by Gasteiger charge is -2.09. The lowest BCUT2D eigenvalue weighted by molar-refractivity contribution is 0.102. The van der Waals surface area contributed by atoms with E-state index in [1.165, 1.54) is 24.5 Å². The number of carbonyl (C=O) groups excluding carboxylic acids is 1. The maximum absolute atomic E-state index is 12.8. The number of pyridine rings is 2. The topological polar surface area (TPSA) is 92.7 Å². The van der Waals surface area contributed by atoms with Gasteiger partial charge in [0.15, 0.2) is 11.5 Å². The zero-order chi connectivity index (χ0) is 16.1. The highest BCUT2D eigenvalue weighted by atomic mass is 19.1. The van der Waals surface area contributed by atoms with Gasteiger partial charge >= 0.3 is 0 Å². The van der Waals surface area contributed by atoms with Crippen molar-refractivity contribution >= 4 is 23.2 Å². The minimum Gasteiger partial charge on any atom is -0.337 e. The molecule has 0 unspecified atom stereocenters. The first-order valence-electron chi connectivity index (χ1n) is 6.63. The average molecular weight is 310 g/mol. The number of rotatable bonds is 4. The van der Waals surface area contributed by atoms with E-state index in [0.717, 1.165) is 6.20 Å². The Morgan fingerprint density at radius 1 is 1.00 bits per heavy atom. The Hall–Kier alpha value is -3.42. The number of aromatic nitrogens is 4. The highest BCUT2D eigenvalue weighted by Gasteiger charge is 2.15. The molecule has 0 saturated carbocycles. The molecule has 3 rings (SSSR count). The number of nitrogens with zero attached hydrogens (tertiary/aromatic N) is 4. The highest BCUT2D eigenvalue weighted by Crippen LogP contribution is 2.16. The van der Waals surface area contributed by atoms with E-state index in [4.69, 9.17) is 0 Å². The fourth-order valence-corrected chi connectivity index (χ4v) is 1.79. The second-order valence-corrected chi connectivity index (χ2v) is 4.44. The zero-order valence-electron chi connectivity index (χ0n) is 11.8. The number of carbonyl (C=O) groups is 1. The third-order valence-corrected chi connectivity index (χ3v) is 2.81. The molecule has 0 radical (unpaired) electrons. The Morgan fingerprint density at radius 2 is 1.87 bits per heavy atom. The van der Waals surface area contributed by atoms with Crippen molar-refractivity contribution in [3.63, 3.8) is 0 Å². The molecule has 0 aliphatic heterocycles. The Labute approximate surface area is 130 Å². The van der Waals surface area contributed by atoms with E-state index >= 15 is 0 Å². The number of nitrogens with one attached hydrogen (secondary N) is 2. The van der Waals surface area contributed by atoms with Crippen LogP contribution in [0.2, 0.25) is 0 Å². The van der Waals surface area contributed by atoms with Gasteiger partial charge in [-0.3, -0.25) is 9.78 Å². The molecule has 0 fully saturated rings. The Bertz CT molecular complexity index is 810. The van der Waals surface area contributed by atoms with Crippen LogP contribution in [0.15, 0.2) is 55.2 Å². The molecule has 0 atom stereocenters. The van der Waals surface area contributed by atoms with Crippen LogP contribution in [0.4, 0.5) is 21.7 Å². The summed E-state index contributed by atoms with van der Waals surface area (Å²) in [7, 11) is 0. The fourth-order valence-electron chi connectivity index (χ4n) is 1.79. The summed E-state index contributed by atoms with van der Waals surface area (Å²) < 4.78 is 12.8. The quantitative estimate of drug-likeness (QED) is 0.768. The molecule has 0 aliphatic carbocycles. The van der Waals surface area contributed by atoms with Crippen LogP contribution in [0.3, 0.4) is 0 Å². The van der Waals surface area contributed by atoms with E-state index in [1.54, 1.807) is 24.5 Å². The normalized spacial score (nSPS) is 10.1. The molecule has 114 valence electrons. The molecule has 0 aromatic carbocycles. The Kier molecular flexibility index (Phi) is 4.14. The first-order chi connectivity index (χ1) is 11.2. The molecular weight excluding hydrogens is 299 g/mol. The van der Waals surface area contributed by atoms with Crippen molar-refractivity contribution < 1.29 is 9.18 Å².